The standard InChI is InChI=1S/C13H16FN5/c1-18-12(10-2-4-11(14)5-3-10)16-17-13(18)19-8-6-15-7-9-19/h2-5,15H,6-9H2,1H3. The molecule has 5 nitrogen and oxygen atoms in total. The van der Waals surface area contributed by atoms with Crippen LogP contribution in [0.1, 0.15) is 0 Å². The van der Waals surface area contributed by atoms with E-state index >= 15 is 0 Å². The van der Waals surface area contributed by atoms with Crippen molar-refractivity contribution in [2.24, 2.45) is 7.05 Å². The molecule has 1 aromatic heterocycles. The van der Waals surface area contributed by atoms with Crippen LogP contribution in [0.3, 0.4) is 0 Å². The van der Waals surface area contributed by atoms with Gasteiger partial charge in [-0.2, -0.15) is 0 Å². The van der Waals surface area contributed by atoms with Crippen LogP contribution in [0.5, 0.6) is 0 Å². The molecular formula is C13H16FN5. The Morgan fingerprint density at radius 2 is 1.79 bits per heavy atom. The zero-order valence-electron chi connectivity index (χ0n) is 10.8. The molecule has 0 radical (unpaired) electrons. The van der Waals surface area contributed by atoms with Crippen LogP contribution in [0.4, 0.5) is 10.3 Å². The van der Waals surface area contributed by atoms with Gasteiger partial charge in [0.25, 0.3) is 0 Å². The third-order valence-electron chi connectivity index (χ3n) is 3.35. The molecule has 0 unspecified atom stereocenters. The Morgan fingerprint density at radius 3 is 2.47 bits per heavy atom. The van der Waals surface area contributed by atoms with E-state index < -0.39 is 0 Å². The number of hydrogen-bond acceptors (Lipinski definition) is 4. The van der Waals surface area contributed by atoms with Crippen LogP contribution in [0, 0.1) is 5.82 Å². The first-order valence-electron chi connectivity index (χ1n) is 6.37. The minimum atomic E-state index is -0.242. The van der Waals surface area contributed by atoms with Gasteiger partial charge < -0.3 is 10.2 Å². The Labute approximate surface area is 111 Å². The lowest BCUT2D eigenvalue weighted by Gasteiger charge is -2.27. The van der Waals surface area contributed by atoms with Crippen molar-refractivity contribution in [1.82, 2.24) is 20.1 Å². The fourth-order valence-corrected chi connectivity index (χ4v) is 2.31. The number of benzene rings is 1. The van der Waals surface area contributed by atoms with Crippen LogP contribution in [0.15, 0.2) is 24.3 Å². The van der Waals surface area contributed by atoms with Crippen molar-refractivity contribution < 1.29 is 4.39 Å². The van der Waals surface area contributed by atoms with Crippen LogP contribution in [-0.4, -0.2) is 40.9 Å². The van der Waals surface area contributed by atoms with E-state index in [1.807, 2.05) is 11.6 Å². The molecule has 3 rings (SSSR count). The molecule has 0 aliphatic carbocycles. The van der Waals surface area contributed by atoms with Crippen LogP contribution < -0.4 is 10.2 Å². The monoisotopic (exact) mass is 261 g/mol. The molecule has 2 heterocycles. The predicted molar refractivity (Wildman–Crippen MR) is 71.5 cm³/mol. The molecule has 1 saturated heterocycles. The summed E-state index contributed by atoms with van der Waals surface area (Å²) in [6.07, 6.45) is 0. The van der Waals surface area contributed by atoms with Crippen LogP contribution in [-0.2, 0) is 7.05 Å². The van der Waals surface area contributed by atoms with Crippen molar-refractivity contribution in [2.45, 2.75) is 0 Å². The minimum Gasteiger partial charge on any atom is -0.338 e. The highest BCUT2D eigenvalue weighted by molar-refractivity contribution is 5.57. The summed E-state index contributed by atoms with van der Waals surface area (Å²) in [5.74, 6) is 1.38. The highest BCUT2D eigenvalue weighted by atomic mass is 19.1. The predicted octanol–water partition coefficient (Wildman–Crippen LogP) is 1.03. The molecule has 2 aromatic rings. The number of rotatable bonds is 2. The zero-order valence-corrected chi connectivity index (χ0v) is 10.8. The maximum absolute atomic E-state index is 12.9. The average molecular weight is 261 g/mol. The third-order valence-corrected chi connectivity index (χ3v) is 3.35. The summed E-state index contributed by atoms with van der Waals surface area (Å²) in [7, 11) is 1.94. The first-order chi connectivity index (χ1) is 9.25. The summed E-state index contributed by atoms with van der Waals surface area (Å²) < 4.78 is 14.9. The van der Waals surface area contributed by atoms with Gasteiger partial charge in [0, 0.05) is 38.8 Å². The SMILES string of the molecule is Cn1c(-c2ccc(F)cc2)nnc1N1CCNCC1. The first-order valence-corrected chi connectivity index (χ1v) is 6.37. The smallest absolute Gasteiger partial charge is 0.227 e. The number of anilines is 1. The second-order valence-electron chi connectivity index (χ2n) is 4.63. The molecule has 1 N–H and O–H groups in total. The number of nitrogens with one attached hydrogen (secondary N) is 1. The summed E-state index contributed by atoms with van der Waals surface area (Å²) in [4.78, 5) is 2.20. The van der Waals surface area contributed by atoms with Gasteiger partial charge in [-0.05, 0) is 24.3 Å². The lowest BCUT2D eigenvalue weighted by Crippen LogP contribution is -2.44. The first kappa shape index (κ1) is 12.1. The minimum absolute atomic E-state index is 0.242. The van der Waals surface area contributed by atoms with E-state index in [4.69, 9.17) is 0 Å². The molecule has 0 spiro atoms. The van der Waals surface area contributed by atoms with Gasteiger partial charge in [-0.3, -0.25) is 4.57 Å². The van der Waals surface area contributed by atoms with Gasteiger partial charge >= 0.3 is 0 Å². The summed E-state index contributed by atoms with van der Waals surface area (Å²) in [6, 6.07) is 6.32. The second-order valence-corrected chi connectivity index (χ2v) is 4.63. The summed E-state index contributed by atoms with van der Waals surface area (Å²) in [6.45, 7) is 3.77. The van der Waals surface area contributed by atoms with Crippen LogP contribution in [0.2, 0.25) is 0 Å². The molecule has 0 atom stereocenters. The molecule has 19 heavy (non-hydrogen) atoms. The average Bonchev–Trinajstić information content (AvgIpc) is 2.83. The molecule has 0 bridgehead atoms. The summed E-state index contributed by atoms with van der Waals surface area (Å²) >= 11 is 0. The topological polar surface area (TPSA) is 46.0 Å². The molecule has 1 fully saturated rings. The lowest BCUT2D eigenvalue weighted by molar-refractivity contribution is 0.573. The van der Waals surface area contributed by atoms with Crippen molar-refractivity contribution in [3.8, 4) is 11.4 Å². The largest absolute Gasteiger partial charge is 0.338 e. The highest BCUT2D eigenvalue weighted by Crippen LogP contribution is 2.21. The van der Waals surface area contributed by atoms with Crippen LogP contribution >= 0.6 is 0 Å². The van der Waals surface area contributed by atoms with Crippen molar-refractivity contribution in [2.75, 3.05) is 31.1 Å². The highest BCUT2D eigenvalue weighted by Gasteiger charge is 2.18. The van der Waals surface area contributed by atoms with Crippen molar-refractivity contribution in [1.29, 1.82) is 0 Å². The van der Waals surface area contributed by atoms with Gasteiger partial charge in [0.1, 0.15) is 5.82 Å². The third kappa shape index (κ3) is 2.31. The maximum atomic E-state index is 12.9. The van der Waals surface area contributed by atoms with E-state index in [-0.39, 0.29) is 5.82 Å². The van der Waals surface area contributed by atoms with Crippen molar-refractivity contribution in [3.05, 3.63) is 30.1 Å². The number of piperazine rings is 1. The summed E-state index contributed by atoms with van der Waals surface area (Å²) in [5, 5.41) is 11.8. The number of aromatic nitrogens is 3. The van der Waals surface area contributed by atoms with Crippen molar-refractivity contribution in [3.63, 3.8) is 0 Å². The van der Waals surface area contributed by atoms with E-state index in [2.05, 4.69) is 20.4 Å². The Bertz CT molecular complexity index is 557. The molecule has 1 aliphatic rings. The molecular weight excluding hydrogens is 245 g/mol. The molecule has 6 heteroatoms. The molecule has 0 amide bonds. The fourth-order valence-electron chi connectivity index (χ4n) is 2.31. The van der Waals surface area contributed by atoms with Gasteiger partial charge in [0.15, 0.2) is 5.82 Å². The van der Waals surface area contributed by atoms with Crippen LogP contribution in [0.25, 0.3) is 11.4 Å². The lowest BCUT2D eigenvalue weighted by atomic mass is 10.2. The van der Waals surface area contributed by atoms with E-state index in [0.29, 0.717) is 0 Å². The van der Waals surface area contributed by atoms with Crippen molar-refractivity contribution >= 4 is 5.95 Å². The normalized spacial score (nSPS) is 15.8. The number of hydrogen-bond donors (Lipinski definition) is 1. The Hall–Kier alpha value is -1.95. The van der Waals surface area contributed by atoms with Gasteiger partial charge in [-0.25, -0.2) is 4.39 Å². The zero-order chi connectivity index (χ0) is 13.2. The van der Waals surface area contributed by atoms with E-state index in [1.165, 1.54) is 12.1 Å². The number of halogens is 1. The van der Waals surface area contributed by atoms with Gasteiger partial charge in [0.2, 0.25) is 5.95 Å². The number of nitrogens with zero attached hydrogens (tertiary/aromatic N) is 4. The molecule has 0 saturated carbocycles. The summed E-state index contributed by atoms with van der Waals surface area (Å²) in [5.41, 5.74) is 0.873. The Kier molecular flexibility index (Phi) is 3.16. The van der Waals surface area contributed by atoms with Gasteiger partial charge in [-0.1, -0.05) is 0 Å². The maximum Gasteiger partial charge on any atom is 0.227 e. The van der Waals surface area contributed by atoms with E-state index in [1.54, 1.807) is 12.1 Å². The molecule has 1 aliphatic heterocycles. The van der Waals surface area contributed by atoms with E-state index in [9.17, 15) is 4.39 Å². The molecule has 1 aromatic carbocycles. The fraction of sp³-hybridized carbons (Fsp3) is 0.385. The Balaban J connectivity index is 1.91. The van der Waals surface area contributed by atoms with Gasteiger partial charge in [0.05, 0.1) is 0 Å². The quantitative estimate of drug-likeness (QED) is 0.877. The van der Waals surface area contributed by atoms with E-state index in [0.717, 1.165) is 43.5 Å². The Morgan fingerprint density at radius 1 is 1.11 bits per heavy atom. The molecule has 100 valence electrons. The second kappa shape index (κ2) is 4.97. The van der Waals surface area contributed by atoms with Gasteiger partial charge in [-0.15, -0.1) is 10.2 Å².